The van der Waals surface area contributed by atoms with Crippen LogP contribution in [-0.2, 0) is 24.3 Å². The Labute approximate surface area is 171 Å². The third kappa shape index (κ3) is 3.84. The fraction of sp³-hybridized carbons (Fsp3) is 0.182. The van der Waals surface area contributed by atoms with Gasteiger partial charge in [0.1, 0.15) is 12.4 Å². The fourth-order valence-electron chi connectivity index (χ4n) is 3.22. The lowest BCUT2D eigenvalue weighted by atomic mass is 10.1. The average molecular weight is 406 g/mol. The molecule has 0 radical (unpaired) electrons. The van der Waals surface area contributed by atoms with E-state index in [1.54, 1.807) is 30.3 Å². The van der Waals surface area contributed by atoms with Gasteiger partial charge in [0.25, 0.3) is 11.4 Å². The number of halogens is 1. The second-order valence-corrected chi connectivity index (χ2v) is 6.74. The second-order valence-electron chi connectivity index (χ2n) is 6.74. The Hall–Kier alpha value is -3.81. The lowest BCUT2D eigenvalue weighted by Gasteiger charge is -2.12. The predicted octanol–water partition coefficient (Wildman–Crippen LogP) is 3.07. The number of aryl methyl sites for hydroxylation is 1. The highest BCUT2D eigenvalue weighted by Gasteiger charge is 2.17. The topological polar surface area (TPSA) is 90.0 Å². The van der Waals surface area contributed by atoms with Crippen LogP contribution in [0.5, 0.6) is 0 Å². The maximum atomic E-state index is 13.7. The van der Waals surface area contributed by atoms with Crippen LogP contribution in [0.15, 0.2) is 63.9 Å². The van der Waals surface area contributed by atoms with E-state index in [2.05, 4.69) is 15.5 Å². The van der Waals surface area contributed by atoms with E-state index in [1.165, 1.54) is 16.7 Å². The molecule has 7 nitrogen and oxygen atoms in total. The Kier molecular flexibility index (Phi) is 5.38. The molecular formula is C22H19FN4O3. The molecule has 2 aromatic heterocycles. The van der Waals surface area contributed by atoms with Crippen molar-refractivity contribution in [2.24, 2.45) is 0 Å². The minimum Gasteiger partial charge on any atom is -0.350 e. The van der Waals surface area contributed by atoms with Crippen molar-refractivity contribution in [2.75, 3.05) is 0 Å². The van der Waals surface area contributed by atoms with Crippen LogP contribution in [0, 0.1) is 5.82 Å². The van der Waals surface area contributed by atoms with Gasteiger partial charge in [-0.25, -0.2) is 4.39 Å². The molecule has 0 aliphatic heterocycles. The molecule has 1 N–H and O–H groups in total. The molecule has 30 heavy (non-hydrogen) atoms. The fourth-order valence-corrected chi connectivity index (χ4v) is 3.22. The zero-order chi connectivity index (χ0) is 21.1. The van der Waals surface area contributed by atoms with Crippen molar-refractivity contribution >= 4 is 16.8 Å². The highest BCUT2D eigenvalue weighted by atomic mass is 19.1. The number of benzene rings is 2. The standard InChI is InChI=1S/C22H19FN4O3/c1-2-19-25-22(30-26-19)16-11-21(29)27(18-10-6-4-8-15(16)18)13-20(28)24-12-14-7-3-5-9-17(14)23/h3-11H,2,12-13H2,1H3,(H,24,28). The third-order valence-corrected chi connectivity index (χ3v) is 4.77. The molecule has 0 atom stereocenters. The molecule has 2 aromatic carbocycles. The van der Waals surface area contributed by atoms with E-state index in [9.17, 15) is 14.0 Å². The molecule has 0 saturated heterocycles. The molecule has 1 amide bonds. The Morgan fingerprint density at radius 3 is 2.70 bits per heavy atom. The van der Waals surface area contributed by atoms with Crippen LogP contribution in [0.1, 0.15) is 18.3 Å². The summed E-state index contributed by atoms with van der Waals surface area (Å²) in [5, 5.41) is 7.26. The smallest absolute Gasteiger partial charge is 0.258 e. The van der Waals surface area contributed by atoms with Crippen LogP contribution in [0.4, 0.5) is 4.39 Å². The number of hydrogen-bond acceptors (Lipinski definition) is 5. The monoisotopic (exact) mass is 406 g/mol. The lowest BCUT2D eigenvalue weighted by Crippen LogP contribution is -2.32. The van der Waals surface area contributed by atoms with Crippen molar-refractivity contribution in [3.05, 3.63) is 82.2 Å². The number of pyridine rings is 1. The first kappa shape index (κ1) is 19.5. The molecule has 0 saturated carbocycles. The largest absolute Gasteiger partial charge is 0.350 e. The SMILES string of the molecule is CCc1noc(-c2cc(=O)n(CC(=O)NCc3ccccc3F)c3ccccc23)n1. The molecule has 0 unspecified atom stereocenters. The first-order valence-corrected chi connectivity index (χ1v) is 9.52. The maximum Gasteiger partial charge on any atom is 0.258 e. The van der Waals surface area contributed by atoms with Gasteiger partial charge >= 0.3 is 0 Å². The highest BCUT2D eigenvalue weighted by Crippen LogP contribution is 2.26. The second kappa shape index (κ2) is 8.28. The van der Waals surface area contributed by atoms with Crippen LogP contribution in [0.2, 0.25) is 0 Å². The molecular weight excluding hydrogens is 387 g/mol. The maximum absolute atomic E-state index is 13.7. The van der Waals surface area contributed by atoms with Crippen LogP contribution in [0.3, 0.4) is 0 Å². The van der Waals surface area contributed by atoms with Gasteiger partial charge in [-0.2, -0.15) is 4.98 Å². The number of nitrogens with one attached hydrogen (secondary N) is 1. The molecule has 0 aliphatic carbocycles. The predicted molar refractivity (Wildman–Crippen MR) is 109 cm³/mol. The number of rotatable bonds is 6. The van der Waals surface area contributed by atoms with Gasteiger partial charge in [-0.1, -0.05) is 48.5 Å². The van der Waals surface area contributed by atoms with Crippen molar-refractivity contribution in [1.82, 2.24) is 20.0 Å². The quantitative estimate of drug-likeness (QED) is 0.532. The van der Waals surface area contributed by atoms with Gasteiger partial charge in [0.05, 0.1) is 11.1 Å². The summed E-state index contributed by atoms with van der Waals surface area (Å²) in [5.74, 6) is 0.0159. The van der Waals surface area contributed by atoms with Crippen LogP contribution >= 0.6 is 0 Å². The van der Waals surface area contributed by atoms with Gasteiger partial charge in [0.2, 0.25) is 5.91 Å². The summed E-state index contributed by atoms with van der Waals surface area (Å²) in [6, 6.07) is 14.8. The minimum atomic E-state index is -0.399. The van der Waals surface area contributed by atoms with Crippen molar-refractivity contribution in [3.63, 3.8) is 0 Å². The summed E-state index contributed by atoms with van der Waals surface area (Å²) in [5.41, 5.74) is 1.09. The van der Waals surface area contributed by atoms with Crippen molar-refractivity contribution in [3.8, 4) is 11.5 Å². The number of nitrogens with zero attached hydrogens (tertiary/aromatic N) is 3. The van der Waals surface area contributed by atoms with Gasteiger partial charge in [-0.05, 0) is 12.1 Å². The summed E-state index contributed by atoms with van der Waals surface area (Å²) in [6.07, 6.45) is 0.612. The molecule has 8 heteroatoms. The third-order valence-electron chi connectivity index (χ3n) is 4.77. The van der Waals surface area contributed by atoms with E-state index < -0.39 is 11.7 Å². The van der Waals surface area contributed by atoms with E-state index >= 15 is 0 Å². The number of amides is 1. The van der Waals surface area contributed by atoms with Crippen LogP contribution < -0.4 is 10.9 Å². The van der Waals surface area contributed by atoms with Crippen LogP contribution in [0.25, 0.3) is 22.4 Å². The number of carbonyl (C=O) groups is 1. The average Bonchev–Trinajstić information content (AvgIpc) is 3.24. The molecule has 0 fully saturated rings. The Bertz CT molecular complexity index is 1280. The first-order valence-electron chi connectivity index (χ1n) is 9.52. The highest BCUT2D eigenvalue weighted by molar-refractivity contribution is 5.93. The summed E-state index contributed by atoms with van der Waals surface area (Å²) in [4.78, 5) is 29.6. The summed E-state index contributed by atoms with van der Waals surface area (Å²) in [6.45, 7) is 1.75. The van der Waals surface area contributed by atoms with Gasteiger partial charge in [0.15, 0.2) is 5.82 Å². The van der Waals surface area contributed by atoms with E-state index in [0.717, 1.165) is 0 Å². The van der Waals surface area contributed by atoms with Gasteiger partial charge < -0.3 is 9.84 Å². The van der Waals surface area contributed by atoms with E-state index in [1.807, 2.05) is 19.1 Å². The van der Waals surface area contributed by atoms with E-state index in [4.69, 9.17) is 4.52 Å². The molecule has 0 aliphatic rings. The molecule has 0 spiro atoms. The summed E-state index contributed by atoms with van der Waals surface area (Å²) < 4.78 is 20.4. The van der Waals surface area contributed by atoms with E-state index in [0.29, 0.717) is 34.3 Å². The number of aromatic nitrogens is 3. The van der Waals surface area contributed by atoms with Gasteiger partial charge in [-0.15, -0.1) is 0 Å². The molecule has 0 bridgehead atoms. The normalized spacial score (nSPS) is 11.0. The first-order chi connectivity index (χ1) is 14.6. The molecule has 4 rings (SSSR count). The van der Waals surface area contributed by atoms with Gasteiger partial charge in [-0.3, -0.25) is 14.2 Å². The van der Waals surface area contributed by atoms with Crippen molar-refractivity contribution in [1.29, 1.82) is 0 Å². The Morgan fingerprint density at radius 1 is 1.17 bits per heavy atom. The number of hydrogen-bond donors (Lipinski definition) is 1. The molecule has 2 heterocycles. The molecule has 4 aromatic rings. The zero-order valence-electron chi connectivity index (χ0n) is 16.3. The number of carbonyl (C=O) groups excluding carboxylic acids is 1. The number of para-hydroxylation sites is 1. The van der Waals surface area contributed by atoms with Gasteiger partial charge in [0, 0.05) is 30.0 Å². The lowest BCUT2D eigenvalue weighted by molar-refractivity contribution is -0.121. The molecule has 152 valence electrons. The van der Waals surface area contributed by atoms with E-state index in [-0.39, 0.29) is 24.5 Å². The summed E-state index contributed by atoms with van der Waals surface area (Å²) >= 11 is 0. The van der Waals surface area contributed by atoms with Crippen molar-refractivity contribution < 1.29 is 13.7 Å². The Balaban J connectivity index is 1.64. The Morgan fingerprint density at radius 2 is 1.93 bits per heavy atom. The van der Waals surface area contributed by atoms with Crippen LogP contribution in [-0.4, -0.2) is 20.6 Å². The zero-order valence-corrected chi connectivity index (χ0v) is 16.3. The summed E-state index contributed by atoms with van der Waals surface area (Å²) in [7, 11) is 0. The minimum absolute atomic E-state index is 0.0397. The number of fused-ring (bicyclic) bond motifs is 1. The van der Waals surface area contributed by atoms with Crippen molar-refractivity contribution in [2.45, 2.75) is 26.4 Å².